The SMILES string of the molecule is Fc1cc(-c2ccccc2)ccc1-c1cc(F)c(C(F)(F)Oc2ccc(C(F)(F)F)cc2)c(F)c1. The Hall–Kier alpha value is -3.88. The van der Waals surface area contributed by atoms with E-state index >= 15 is 0 Å². The maximum atomic E-state index is 14.7. The Bertz CT molecular complexity index is 1320. The molecule has 4 aromatic rings. The number of hydrogen-bond acceptors (Lipinski definition) is 1. The number of rotatable bonds is 5. The molecule has 0 spiro atoms. The van der Waals surface area contributed by atoms with E-state index in [2.05, 4.69) is 4.74 Å². The van der Waals surface area contributed by atoms with Crippen molar-refractivity contribution < 1.29 is 39.9 Å². The van der Waals surface area contributed by atoms with Crippen molar-refractivity contribution in [3.63, 3.8) is 0 Å². The number of halogens is 8. The van der Waals surface area contributed by atoms with Crippen molar-refractivity contribution in [2.45, 2.75) is 12.3 Å². The summed E-state index contributed by atoms with van der Waals surface area (Å²) in [5.74, 6) is -5.01. The van der Waals surface area contributed by atoms with Crippen LogP contribution in [-0.2, 0) is 12.3 Å². The van der Waals surface area contributed by atoms with Crippen molar-refractivity contribution in [1.29, 1.82) is 0 Å². The number of ether oxygens (including phenoxy) is 1. The van der Waals surface area contributed by atoms with Gasteiger partial charge in [0, 0.05) is 5.56 Å². The van der Waals surface area contributed by atoms with Gasteiger partial charge in [-0.2, -0.15) is 22.0 Å². The van der Waals surface area contributed by atoms with Crippen LogP contribution >= 0.6 is 0 Å². The smallest absolute Gasteiger partial charge is 0.429 e. The van der Waals surface area contributed by atoms with E-state index in [-0.39, 0.29) is 11.1 Å². The van der Waals surface area contributed by atoms with E-state index in [1.54, 1.807) is 30.3 Å². The van der Waals surface area contributed by atoms with Crippen LogP contribution in [0.3, 0.4) is 0 Å². The summed E-state index contributed by atoms with van der Waals surface area (Å²) in [5, 5.41) is 0. The van der Waals surface area contributed by atoms with Gasteiger partial charge in [0.2, 0.25) is 0 Å². The highest BCUT2D eigenvalue weighted by atomic mass is 19.4. The Balaban J connectivity index is 1.63. The molecule has 1 nitrogen and oxygen atoms in total. The van der Waals surface area contributed by atoms with Gasteiger partial charge in [0.1, 0.15) is 28.8 Å². The van der Waals surface area contributed by atoms with Crippen LogP contribution in [0.25, 0.3) is 22.3 Å². The number of alkyl halides is 5. The lowest BCUT2D eigenvalue weighted by Gasteiger charge is -2.20. The average Bonchev–Trinajstić information content (AvgIpc) is 2.78. The zero-order valence-electron chi connectivity index (χ0n) is 17.5. The summed E-state index contributed by atoms with van der Waals surface area (Å²) < 4.78 is 115. The molecule has 4 aromatic carbocycles. The molecule has 0 atom stereocenters. The molecular weight excluding hydrogens is 480 g/mol. The first-order valence-corrected chi connectivity index (χ1v) is 10.0. The lowest BCUT2D eigenvalue weighted by Crippen LogP contribution is -2.25. The third-order valence-corrected chi connectivity index (χ3v) is 5.15. The molecule has 180 valence electrons. The van der Waals surface area contributed by atoms with E-state index in [9.17, 15) is 35.1 Å². The first-order chi connectivity index (χ1) is 16.5. The Morgan fingerprint density at radius 2 is 1.11 bits per heavy atom. The lowest BCUT2D eigenvalue weighted by atomic mass is 9.98. The van der Waals surface area contributed by atoms with E-state index in [1.165, 1.54) is 12.1 Å². The van der Waals surface area contributed by atoms with Crippen molar-refractivity contribution in [3.05, 3.63) is 114 Å². The zero-order valence-corrected chi connectivity index (χ0v) is 17.5. The minimum absolute atomic E-state index is 0.221. The second-order valence-electron chi connectivity index (χ2n) is 7.52. The molecule has 0 aliphatic rings. The van der Waals surface area contributed by atoms with E-state index in [0.717, 1.165) is 6.07 Å². The molecule has 0 aliphatic heterocycles. The largest absolute Gasteiger partial charge is 0.432 e. The second-order valence-corrected chi connectivity index (χ2v) is 7.52. The molecule has 4 rings (SSSR count). The second kappa shape index (κ2) is 9.05. The van der Waals surface area contributed by atoms with Crippen LogP contribution in [0.4, 0.5) is 35.1 Å². The summed E-state index contributed by atoms with van der Waals surface area (Å²) in [7, 11) is 0. The summed E-state index contributed by atoms with van der Waals surface area (Å²) >= 11 is 0. The fourth-order valence-electron chi connectivity index (χ4n) is 3.48. The maximum absolute atomic E-state index is 14.7. The monoisotopic (exact) mass is 494 g/mol. The molecule has 0 fully saturated rings. The molecule has 0 amide bonds. The third kappa shape index (κ3) is 5.13. The minimum atomic E-state index is -4.70. The molecule has 35 heavy (non-hydrogen) atoms. The summed E-state index contributed by atoms with van der Waals surface area (Å²) in [6.07, 6.45) is -9.27. The van der Waals surface area contributed by atoms with E-state index in [0.29, 0.717) is 47.5 Å². The van der Waals surface area contributed by atoms with E-state index < -0.39 is 46.6 Å². The topological polar surface area (TPSA) is 9.23 Å². The highest BCUT2D eigenvalue weighted by Gasteiger charge is 2.41. The highest BCUT2D eigenvalue weighted by Crippen LogP contribution is 2.38. The van der Waals surface area contributed by atoms with Crippen molar-refractivity contribution in [2.24, 2.45) is 0 Å². The minimum Gasteiger partial charge on any atom is -0.429 e. The molecule has 0 heterocycles. The highest BCUT2D eigenvalue weighted by molar-refractivity contribution is 5.71. The molecule has 0 saturated heterocycles. The van der Waals surface area contributed by atoms with Crippen molar-refractivity contribution in [3.8, 4) is 28.0 Å². The van der Waals surface area contributed by atoms with Gasteiger partial charge in [-0.25, -0.2) is 13.2 Å². The van der Waals surface area contributed by atoms with Crippen LogP contribution in [0, 0.1) is 17.5 Å². The van der Waals surface area contributed by atoms with Crippen LogP contribution in [0.5, 0.6) is 5.75 Å². The van der Waals surface area contributed by atoms with Gasteiger partial charge in [-0.05, 0) is 59.2 Å². The van der Waals surface area contributed by atoms with Gasteiger partial charge < -0.3 is 4.74 Å². The van der Waals surface area contributed by atoms with Crippen LogP contribution in [0.2, 0.25) is 0 Å². The first-order valence-electron chi connectivity index (χ1n) is 10.0. The Morgan fingerprint density at radius 3 is 1.66 bits per heavy atom. The predicted octanol–water partition coefficient (Wildman–Crippen LogP) is 8.59. The van der Waals surface area contributed by atoms with Crippen molar-refractivity contribution in [1.82, 2.24) is 0 Å². The van der Waals surface area contributed by atoms with Crippen LogP contribution in [0.1, 0.15) is 11.1 Å². The molecule has 0 aliphatic carbocycles. The average molecular weight is 494 g/mol. The quantitative estimate of drug-likeness (QED) is 0.253. The third-order valence-electron chi connectivity index (χ3n) is 5.15. The summed E-state index contributed by atoms with van der Waals surface area (Å²) in [5.41, 5.74) is -2.23. The van der Waals surface area contributed by atoms with Crippen molar-refractivity contribution >= 4 is 0 Å². The first kappa shape index (κ1) is 24.3. The summed E-state index contributed by atoms with van der Waals surface area (Å²) in [6.45, 7) is 0. The maximum Gasteiger partial charge on any atom is 0.432 e. The van der Waals surface area contributed by atoms with E-state index in [1.807, 2.05) is 0 Å². The van der Waals surface area contributed by atoms with E-state index in [4.69, 9.17) is 0 Å². The Kier molecular flexibility index (Phi) is 6.27. The van der Waals surface area contributed by atoms with Gasteiger partial charge in [-0.3, -0.25) is 0 Å². The normalized spacial score (nSPS) is 12.0. The van der Waals surface area contributed by atoms with Gasteiger partial charge in [0.15, 0.2) is 0 Å². The fourth-order valence-corrected chi connectivity index (χ4v) is 3.48. The van der Waals surface area contributed by atoms with Gasteiger partial charge in [0.25, 0.3) is 0 Å². The molecular formula is C26H14F8O. The lowest BCUT2D eigenvalue weighted by molar-refractivity contribution is -0.189. The fraction of sp³-hybridized carbons (Fsp3) is 0.0769. The molecule has 9 heteroatoms. The summed E-state index contributed by atoms with van der Waals surface area (Å²) in [6, 6.07) is 15.9. The standard InChI is InChI=1S/C26H14F8O/c27-21-12-16(15-4-2-1-3-5-15)6-11-20(21)17-13-22(28)24(23(29)14-17)26(33,34)35-19-9-7-18(8-10-19)25(30,31)32/h1-14H. The molecule has 0 radical (unpaired) electrons. The Labute approximate surface area is 194 Å². The number of benzene rings is 4. The summed E-state index contributed by atoms with van der Waals surface area (Å²) in [4.78, 5) is 0. The molecule has 0 aromatic heterocycles. The molecule has 0 N–H and O–H groups in total. The van der Waals surface area contributed by atoms with Gasteiger partial charge in [-0.1, -0.05) is 42.5 Å². The van der Waals surface area contributed by atoms with Gasteiger partial charge in [-0.15, -0.1) is 0 Å². The van der Waals surface area contributed by atoms with Crippen LogP contribution in [-0.4, -0.2) is 0 Å². The van der Waals surface area contributed by atoms with Crippen LogP contribution < -0.4 is 4.74 Å². The van der Waals surface area contributed by atoms with Gasteiger partial charge in [0.05, 0.1) is 5.56 Å². The predicted molar refractivity (Wildman–Crippen MR) is 113 cm³/mol. The Morgan fingerprint density at radius 1 is 0.543 bits per heavy atom. The van der Waals surface area contributed by atoms with Gasteiger partial charge >= 0.3 is 12.3 Å². The molecule has 0 unspecified atom stereocenters. The van der Waals surface area contributed by atoms with Crippen molar-refractivity contribution in [2.75, 3.05) is 0 Å². The molecule has 0 bridgehead atoms. The zero-order chi connectivity index (χ0) is 25.4. The molecule has 0 saturated carbocycles. The number of hydrogen-bond donors (Lipinski definition) is 0. The van der Waals surface area contributed by atoms with Crippen LogP contribution in [0.15, 0.2) is 84.9 Å².